The van der Waals surface area contributed by atoms with Crippen LogP contribution in [0.15, 0.2) is 279 Å². The van der Waals surface area contributed by atoms with Crippen LogP contribution >= 0.6 is 0 Å². The number of hydrogen-bond donors (Lipinski definition) is 0. The Balaban J connectivity index is 1.03. The Morgan fingerprint density at radius 2 is 0.431 bits per heavy atom. The fourth-order valence-corrected chi connectivity index (χ4v) is 11.6. The van der Waals surface area contributed by atoms with Gasteiger partial charge in [-0.25, -0.2) is 0 Å². The molecule has 0 heterocycles. The van der Waals surface area contributed by atoms with Gasteiger partial charge in [-0.05, 0) is 167 Å². The molecule has 14 aromatic carbocycles. The summed E-state index contributed by atoms with van der Waals surface area (Å²) < 4.78 is 0. The minimum absolute atomic E-state index is 1.19. The highest BCUT2D eigenvalue weighted by Crippen LogP contribution is 2.49. The highest BCUT2D eigenvalue weighted by Gasteiger charge is 2.22. The minimum Gasteiger partial charge on any atom is -0.0622 e. The van der Waals surface area contributed by atoms with Crippen molar-refractivity contribution in [1.29, 1.82) is 0 Å². The molecule has 14 rings (SSSR count). The van der Waals surface area contributed by atoms with Crippen LogP contribution in [0.2, 0.25) is 0 Å². The highest BCUT2D eigenvalue weighted by molar-refractivity contribution is 6.32. The van der Waals surface area contributed by atoms with Crippen molar-refractivity contribution in [1.82, 2.24) is 0 Å². The van der Waals surface area contributed by atoms with Gasteiger partial charge in [0.1, 0.15) is 0 Å². The molecule has 0 nitrogen and oxygen atoms in total. The quantitative estimate of drug-likeness (QED) is 0.133. The molecule has 72 heavy (non-hydrogen) atoms. The van der Waals surface area contributed by atoms with Crippen molar-refractivity contribution in [3.63, 3.8) is 0 Å². The van der Waals surface area contributed by atoms with Gasteiger partial charge in [0.05, 0.1) is 0 Å². The van der Waals surface area contributed by atoms with Gasteiger partial charge in [0, 0.05) is 0 Å². The molecule has 334 valence electrons. The highest BCUT2D eigenvalue weighted by atomic mass is 14.2. The van der Waals surface area contributed by atoms with Crippen LogP contribution in [0, 0.1) is 0 Å². The summed E-state index contributed by atoms with van der Waals surface area (Å²) in [6, 6.07) is 103. The molecule has 0 fully saturated rings. The van der Waals surface area contributed by atoms with E-state index in [1.165, 1.54) is 143 Å². The third-order valence-corrected chi connectivity index (χ3v) is 15.1. The molecule has 0 spiro atoms. The van der Waals surface area contributed by atoms with Crippen LogP contribution in [0.4, 0.5) is 0 Å². The van der Waals surface area contributed by atoms with E-state index in [0.717, 1.165) is 0 Å². The largest absolute Gasteiger partial charge is 0.0622 e. The van der Waals surface area contributed by atoms with Crippen molar-refractivity contribution in [2.75, 3.05) is 0 Å². The number of benzene rings is 14. The van der Waals surface area contributed by atoms with Crippen LogP contribution < -0.4 is 0 Å². The lowest BCUT2D eigenvalue weighted by Crippen LogP contribution is -1.95. The van der Waals surface area contributed by atoms with Crippen molar-refractivity contribution in [3.05, 3.63) is 279 Å². The van der Waals surface area contributed by atoms with Crippen LogP contribution in [0.1, 0.15) is 0 Å². The van der Waals surface area contributed by atoms with E-state index in [0.29, 0.717) is 0 Å². The van der Waals surface area contributed by atoms with Crippen molar-refractivity contribution in [2.45, 2.75) is 0 Å². The molecule has 0 radical (unpaired) electrons. The summed E-state index contributed by atoms with van der Waals surface area (Å²) in [5.41, 5.74) is 19.4. The fraction of sp³-hybridized carbons (Fsp3) is 0. The van der Waals surface area contributed by atoms with Gasteiger partial charge in [0.25, 0.3) is 0 Å². The average molecular weight is 911 g/mol. The Bertz CT molecular complexity index is 4040. The second-order valence-electron chi connectivity index (χ2n) is 19.1. The second-order valence-corrected chi connectivity index (χ2v) is 19.1. The van der Waals surface area contributed by atoms with Crippen LogP contribution in [0.5, 0.6) is 0 Å². The Morgan fingerprint density at radius 1 is 0.139 bits per heavy atom. The molecule has 14 aromatic rings. The SMILES string of the molecule is c1ccc(-c2cccc(-c3cc(-c4ccc(-c5cccc6ccccc56)cc4)c4ccc5c(-c6cccc(-c7ccccc7)c6)cc(-c6ccc(-c7cccc8ccccc78)cc6)c6ccc3c4c65)c2)cc1. The Morgan fingerprint density at radius 3 is 0.833 bits per heavy atom. The van der Waals surface area contributed by atoms with Crippen molar-refractivity contribution in [2.24, 2.45) is 0 Å². The predicted molar refractivity (Wildman–Crippen MR) is 309 cm³/mol. The normalized spacial score (nSPS) is 11.6. The van der Waals surface area contributed by atoms with E-state index in [-0.39, 0.29) is 0 Å². The van der Waals surface area contributed by atoms with Gasteiger partial charge >= 0.3 is 0 Å². The second kappa shape index (κ2) is 17.2. The minimum atomic E-state index is 1.19. The predicted octanol–water partition coefficient (Wildman–Crippen LogP) is 20.2. The van der Waals surface area contributed by atoms with Crippen LogP contribution in [-0.4, -0.2) is 0 Å². The molecule has 0 aliphatic heterocycles. The molecule has 0 aliphatic rings. The van der Waals surface area contributed by atoms with Crippen LogP contribution in [0.25, 0.3) is 143 Å². The summed E-state index contributed by atoms with van der Waals surface area (Å²) in [7, 11) is 0. The summed E-state index contributed by atoms with van der Waals surface area (Å²) in [6.07, 6.45) is 0. The molecular formula is C72H46. The first-order valence-electron chi connectivity index (χ1n) is 25.0. The zero-order valence-corrected chi connectivity index (χ0v) is 39.6. The Hall–Kier alpha value is -9.36. The lowest BCUT2D eigenvalue weighted by molar-refractivity contribution is 1.59. The van der Waals surface area contributed by atoms with Gasteiger partial charge in [0.2, 0.25) is 0 Å². The molecule has 0 saturated carbocycles. The van der Waals surface area contributed by atoms with Gasteiger partial charge in [0.15, 0.2) is 0 Å². The van der Waals surface area contributed by atoms with Crippen molar-refractivity contribution in [3.8, 4) is 89.0 Å². The zero-order valence-electron chi connectivity index (χ0n) is 39.6. The van der Waals surface area contributed by atoms with Crippen molar-refractivity contribution >= 4 is 53.9 Å². The first-order valence-corrected chi connectivity index (χ1v) is 25.0. The lowest BCUT2D eigenvalue weighted by Gasteiger charge is -2.22. The molecule has 0 aromatic heterocycles. The maximum absolute atomic E-state index is 2.45. The summed E-state index contributed by atoms with van der Waals surface area (Å²) in [6.45, 7) is 0. The molecule has 0 saturated heterocycles. The van der Waals surface area contributed by atoms with E-state index in [9.17, 15) is 0 Å². The van der Waals surface area contributed by atoms with E-state index >= 15 is 0 Å². The molecule has 0 aliphatic carbocycles. The van der Waals surface area contributed by atoms with E-state index < -0.39 is 0 Å². The van der Waals surface area contributed by atoms with Crippen LogP contribution in [0.3, 0.4) is 0 Å². The molecule has 0 heteroatoms. The third-order valence-electron chi connectivity index (χ3n) is 15.1. The summed E-state index contributed by atoms with van der Waals surface area (Å²) in [4.78, 5) is 0. The van der Waals surface area contributed by atoms with Gasteiger partial charge in [-0.2, -0.15) is 0 Å². The summed E-state index contributed by atoms with van der Waals surface area (Å²) in [5, 5.41) is 12.6. The van der Waals surface area contributed by atoms with Gasteiger partial charge in [-0.1, -0.05) is 255 Å². The maximum Gasteiger partial charge on any atom is -0.00139 e. The first-order chi connectivity index (χ1) is 35.7. The number of rotatable bonds is 8. The number of fused-ring (bicyclic) bond motifs is 2. The van der Waals surface area contributed by atoms with E-state index in [1.54, 1.807) is 0 Å². The molecule has 0 atom stereocenters. The first kappa shape index (κ1) is 41.6. The number of hydrogen-bond acceptors (Lipinski definition) is 0. The molecule has 0 N–H and O–H groups in total. The van der Waals surface area contributed by atoms with E-state index in [4.69, 9.17) is 0 Å². The Labute approximate surface area is 419 Å². The van der Waals surface area contributed by atoms with Crippen LogP contribution in [-0.2, 0) is 0 Å². The zero-order chi connectivity index (χ0) is 47.5. The van der Waals surface area contributed by atoms with E-state index in [1.807, 2.05) is 0 Å². The van der Waals surface area contributed by atoms with Gasteiger partial charge in [-0.3, -0.25) is 0 Å². The Kier molecular flexibility index (Phi) is 9.96. The smallest absolute Gasteiger partial charge is 0.00139 e. The van der Waals surface area contributed by atoms with E-state index in [2.05, 4.69) is 279 Å². The summed E-state index contributed by atoms with van der Waals surface area (Å²) in [5.74, 6) is 0. The van der Waals surface area contributed by atoms with Gasteiger partial charge in [-0.15, -0.1) is 0 Å². The summed E-state index contributed by atoms with van der Waals surface area (Å²) >= 11 is 0. The molecule has 0 unspecified atom stereocenters. The topological polar surface area (TPSA) is 0 Å². The maximum atomic E-state index is 2.45. The molecule has 0 bridgehead atoms. The molecule has 0 amide bonds. The van der Waals surface area contributed by atoms with Gasteiger partial charge < -0.3 is 0 Å². The lowest BCUT2D eigenvalue weighted by atomic mass is 9.81. The van der Waals surface area contributed by atoms with Crippen molar-refractivity contribution < 1.29 is 0 Å². The molecular weight excluding hydrogens is 865 g/mol. The average Bonchev–Trinajstić information content (AvgIpc) is 3.46. The third kappa shape index (κ3) is 7.07. The standard InChI is InChI=1S/C72H46/c1-3-15-47(16-4-1)55-23-11-25-57(43-55)69-45-67(53-35-31-51(32-36-53)61-29-13-21-49-19-7-9-27-59(49)61)63-40-42-66-70(58-26-12-24-56(44-58)48-17-5-2-6-18-48)46-68(64-39-41-65(69)71(63)72(64)66)54-37-33-52(34-38-54)62-30-14-22-50-20-8-10-28-60(50)62/h1-46H. The monoisotopic (exact) mass is 910 g/mol. The fourth-order valence-electron chi connectivity index (χ4n) is 11.6.